The highest BCUT2D eigenvalue weighted by atomic mass is 16.2. The smallest absolute Gasteiger partial charge is 0.343 e. The maximum atomic E-state index is 13.3. The molecule has 2 unspecified atom stereocenters. The molecule has 2 atom stereocenters. The van der Waals surface area contributed by atoms with Gasteiger partial charge in [-0.25, -0.2) is 9.89 Å². The van der Waals surface area contributed by atoms with Crippen molar-refractivity contribution in [1.82, 2.24) is 24.2 Å². The SMILES string of the molecule is Cn1c(C2C(C3CC3)CCN2C(=O)c2cc3n(c2)CCCC3)n[nH]c1=O. The zero-order chi connectivity index (χ0) is 17.8. The molecule has 1 saturated carbocycles. The Kier molecular flexibility index (Phi) is 3.58. The first-order valence-corrected chi connectivity index (χ1v) is 9.75. The summed E-state index contributed by atoms with van der Waals surface area (Å²) < 4.78 is 3.79. The van der Waals surface area contributed by atoms with Crippen LogP contribution in [0.15, 0.2) is 17.1 Å². The van der Waals surface area contributed by atoms with E-state index in [1.165, 1.54) is 31.4 Å². The molecular weight excluding hydrogens is 330 g/mol. The van der Waals surface area contributed by atoms with Gasteiger partial charge in [0.2, 0.25) is 0 Å². The van der Waals surface area contributed by atoms with Crippen molar-refractivity contribution in [3.63, 3.8) is 0 Å². The zero-order valence-electron chi connectivity index (χ0n) is 15.1. The molecule has 1 aliphatic carbocycles. The van der Waals surface area contributed by atoms with Gasteiger partial charge < -0.3 is 9.47 Å². The Morgan fingerprint density at radius 2 is 2.08 bits per heavy atom. The molecule has 0 spiro atoms. The third-order valence-electron chi connectivity index (χ3n) is 6.43. The molecule has 7 heteroatoms. The average molecular weight is 355 g/mol. The van der Waals surface area contributed by atoms with E-state index in [0.29, 0.717) is 17.7 Å². The predicted octanol–water partition coefficient (Wildman–Crippen LogP) is 1.86. The van der Waals surface area contributed by atoms with E-state index in [1.54, 1.807) is 11.6 Å². The molecule has 1 amide bonds. The molecule has 2 fully saturated rings. The van der Waals surface area contributed by atoms with E-state index in [1.807, 2.05) is 11.1 Å². The van der Waals surface area contributed by atoms with Crippen LogP contribution in [0.3, 0.4) is 0 Å². The molecule has 138 valence electrons. The normalized spacial score (nSPS) is 25.5. The zero-order valence-corrected chi connectivity index (χ0v) is 15.1. The van der Waals surface area contributed by atoms with Crippen LogP contribution in [0.25, 0.3) is 0 Å². The average Bonchev–Trinajstić information content (AvgIpc) is 3.12. The van der Waals surface area contributed by atoms with Gasteiger partial charge in [-0.05, 0) is 56.4 Å². The van der Waals surface area contributed by atoms with Crippen LogP contribution in [0.1, 0.15) is 60.0 Å². The van der Waals surface area contributed by atoms with Crippen molar-refractivity contribution in [2.24, 2.45) is 18.9 Å². The number of aromatic nitrogens is 4. The third-order valence-corrected chi connectivity index (χ3v) is 6.43. The minimum absolute atomic E-state index is 0.0792. The Morgan fingerprint density at radius 1 is 1.23 bits per heavy atom. The van der Waals surface area contributed by atoms with E-state index in [0.717, 1.165) is 31.5 Å². The van der Waals surface area contributed by atoms with Gasteiger partial charge in [-0.3, -0.25) is 9.36 Å². The third kappa shape index (κ3) is 2.44. The van der Waals surface area contributed by atoms with Gasteiger partial charge in [0.1, 0.15) is 0 Å². The molecule has 3 aliphatic rings. The number of aromatic amines is 1. The van der Waals surface area contributed by atoms with E-state index in [4.69, 9.17) is 0 Å². The summed E-state index contributed by atoms with van der Waals surface area (Å²) in [7, 11) is 1.74. The van der Waals surface area contributed by atoms with Crippen LogP contribution in [0, 0.1) is 11.8 Å². The molecular formula is C19H25N5O2. The van der Waals surface area contributed by atoms with Crippen LogP contribution >= 0.6 is 0 Å². The second-order valence-corrected chi connectivity index (χ2v) is 8.05. The van der Waals surface area contributed by atoms with Gasteiger partial charge in [-0.2, -0.15) is 5.10 Å². The van der Waals surface area contributed by atoms with Gasteiger partial charge in [0.15, 0.2) is 5.82 Å². The van der Waals surface area contributed by atoms with Gasteiger partial charge in [-0.15, -0.1) is 0 Å². The van der Waals surface area contributed by atoms with E-state index in [-0.39, 0.29) is 17.6 Å². The van der Waals surface area contributed by atoms with E-state index in [2.05, 4.69) is 20.8 Å². The molecule has 1 N–H and O–H groups in total. The van der Waals surface area contributed by atoms with Crippen molar-refractivity contribution >= 4 is 5.91 Å². The highest BCUT2D eigenvalue weighted by molar-refractivity contribution is 5.94. The second-order valence-electron chi connectivity index (χ2n) is 8.05. The molecule has 0 bridgehead atoms. The summed E-state index contributed by atoms with van der Waals surface area (Å²) in [6, 6.07) is 1.96. The second kappa shape index (κ2) is 5.86. The minimum atomic E-state index is -0.215. The van der Waals surface area contributed by atoms with Gasteiger partial charge in [0.05, 0.1) is 11.6 Å². The fourth-order valence-corrected chi connectivity index (χ4v) is 4.86. The number of carbonyl (C=O) groups is 1. The lowest BCUT2D eigenvalue weighted by Crippen LogP contribution is -2.34. The molecule has 7 nitrogen and oxygen atoms in total. The lowest BCUT2D eigenvalue weighted by atomic mass is 9.94. The van der Waals surface area contributed by atoms with E-state index in [9.17, 15) is 9.59 Å². The number of amides is 1. The Balaban J connectivity index is 1.50. The van der Waals surface area contributed by atoms with Crippen molar-refractivity contribution in [3.8, 4) is 0 Å². The van der Waals surface area contributed by atoms with Crippen LogP contribution in [-0.4, -0.2) is 36.7 Å². The first-order chi connectivity index (χ1) is 12.6. The quantitative estimate of drug-likeness (QED) is 0.913. The maximum absolute atomic E-state index is 13.3. The van der Waals surface area contributed by atoms with Crippen molar-refractivity contribution < 1.29 is 4.79 Å². The van der Waals surface area contributed by atoms with Gasteiger partial charge >= 0.3 is 5.69 Å². The van der Waals surface area contributed by atoms with E-state index >= 15 is 0 Å². The summed E-state index contributed by atoms with van der Waals surface area (Å²) in [5.74, 6) is 1.84. The molecule has 1 saturated heterocycles. The Hall–Kier alpha value is -2.31. The molecule has 2 aliphatic heterocycles. The first kappa shape index (κ1) is 15.9. The Bertz CT molecular complexity index is 880. The number of rotatable bonds is 3. The van der Waals surface area contributed by atoms with Gasteiger partial charge in [-0.1, -0.05) is 0 Å². The maximum Gasteiger partial charge on any atom is 0.343 e. The highest BCUT2D eigenvalue weighted by Crippen LogP contribution is 2.50. The fourth-order valence-electron chi connectivity index (χ4n) is 4.86. The number of likely N-dealkylation sites (tertiary alicyclic amines) is 1. The summed E-state index contributed by atoms with van der Waals surface area (Å²) >= 11 is 0. The summed E-state index contributed by atoms with van der Waals surface area (Å²) in [4.78, 5) is 27.2. The number of nitrogens with one attached hydrogen (secondary N) is 1. The highest BCUT2D eigenvalue weighted by Gasteiger charge is 2.47. The van der Waals surface area contributed by atoms with Crippen molar-refractivity contribution in [2.75, 3.05) is 6.54 Å². The first-order valence-electron chi connectivity index (χ1n) is 9.75. The largest absolute Gasteiger partial charge is 0.351 e. The minimum Gasteiger partial charge on any atom is -0.351 e. The number of hydrogen-bond acceptors (Lipinski definition) is 3. The topological polar surface area (TPSA) is 75.9 Å². The molecule has 2 aromatic heterocycles. The standard InChI is InChI=1S/C19H25N5O2/c1-22-17(20-21-19(22)26)16-15(12-5-6-12)7-9-24(16)18(25)13-10-14-4-2-3-8-23(14)11-13/h10-12,15-16H,2-9H2,1H3,(H,21,26). The molecule has 2 aromatic rings. The fraction of sp³-hybridized carbons (Fsp3) is 0.632. The number of H-pyrrole nitrogens is 1. The lowest BCUT2D eigenvalue weighted by Gasteiger charge is -2.27. The van der Waals surface area contributed by atoms with Crippen molar-refractivity contribution in [1.29, 1.82) is 0 Å². The summed E-state index contributed by atoms with van der Waals surface area (Å²) in [5, 5.41) is 6.82. The number of fused-ring (bicyclic) bond motifs is 1. The monoisotopic (exact) mass is 355 g/mol. The summed E-state index contributed by atoms with van der Waals surface area (Å²) in [6.45, 7) is 1.75. The molecule has 5 rings (SSSR count). The van der Waals surface area contributed by atoms with Crippen molar-refractivity contribution in [2.45, 2.75) is 51.1 Å². The number of carbonyl (C=O) groups excluding carboxylic acids is 1. The number of nitrogens with zero attached hydrogens (tertiary/aromatic N) is 4. The van der Waals surface area contributed by atoms with Gasteiger partial charge in [0, 0.05) is 32.0 Å². The molecule has 0 aromatic carbocycles. The molecule has 26 heavy (non-hydrogen) atoms. The Labute approximate surface area is 152 Å². The van der Waals surface area contributed by atoms with Gasteiger partial charge in [0.25, 0.3) is 5.91 Å². The number of hydrogen-bond donors (Lipinski definition) is 1. The lowest BCUT2D eigenvalue weighted by molar-refractivity contribution is 0.0701. The molecule has 0 radical (unpaired) electrons. The Morgan fingerprint density at radius 3 is 2.77 bits per heavy atom. The summed E-state index contributed by atoms with van der Waals surface area (Å²) in [6.07, 6.45) is 8.89. The van der Waals surface area contributed by atoms with Crippen LogP contribution < -0.4 is 5.69 Å². The predicted molar refractivity (Wildman–Crippen MR) is 95.8 cm³/mol. The van der Waals surface area contributed by atoms with Crippen LogP contribution in [0.5, 0.6) is 0 Å². The number of aryl methyl sites for hydroxylation is 2. The van der Waals surface area contributed by atoms with Crippen molar-refractivity contribution in [3.05, 3.63) is 39.8 Å². The summed E-state index contributed by atoms with van der Waals surface area (Å²) in [5.41, 5.74) is 1.83. The van der Waals surface area contributed by atoms with Crippen LogP contribution in [0.4, 0.5) is 0 Å². The molecule has 4 heterocycles. The van der Waals surface area contributed by atoms with E-state index < -0.39 is 0 Å². The van der Waals surface area contributed by atoms with Crippen LogP contribution in [0.2, 0.25) is 0 Å². The van der Waals surface area contributed by atoms with Crippen LogP contribution in [-0.2, 0) is 20.0 Å².